The summed E-state index contributed by atoms with van der Waals surface area (Å²) in [4.78, 5) is 29.4. The number of amides is 1. The van der Waals surface area contributed by atoms with Crippen molar-refractivity contribution in [2.45, 2.75) is 6.42 Å². The number of carboxylic acid groups (broad SMARTS) is 1. The Hall–Kier alpha value is -1.56. The zero-order valence-electron chi connectivity index (χ0n) is 11.9. The van der Waals surface area contributed by atoms with Crippen LogP contribution in [-0.2, 0) is 4.79 Å². The molecular formula is C15H15Cl3N2O3. The number of pyridine rings is 1. The van der Waals surface area contributed by atoms with Gasteiger partial charge in [0.1, 0.15) is 0 Å². The van der Waals surface area contributed by atoms with Crippen LogP contribution >= 0.6 is 36.4 Å². The van der Waals surface area contributed by atoms with E-state index >= 15 is 0 Å². The molecule has 1 saturated heterocycles. The van der Waals surface area contributed by atoms with Crippen LogP contribution in [0.15, 0.2) is 30.5 Å². The number of carbonyl (C=O) groups is 2. The minimum Gasteiger partial charge on any atom is -0.481 e. The highest BCUT2D eigenvalue weighted by atomic mass is 35.5. The maximum atomic E-state index is 12.6. The van der Waals surface area contributed by atoms with E-state index in [0.29, 0.717) is 29.1 Å². The van der Waals surface area contributed by atoms with Crippen LogP contribution in [0.2, 0.25) is 5.02 Å². The summed E-state index contributed by atoms with van der Waals surface area (Å²) in [7, 11) is 0. The van der Waals surface area contributed by atoms with Crippen molar-refractivity contribution in [2.24, 2.45) is 5.92 Å². The highest BCUT2D eigenvalue weighted by Gasteiger charge is 2.32. The molecule has 23 heavy (non-hydrogen) atoms. The summed E-state index contributed by atoms with van der Waals surface area (Å²) < 4.78 is 0. The monoisotopic (exact) mass is 376 g/mol. The van der Waals surface area contributed by atoms with Crippen molar-refractivity contribution in [3.8, 4) is 0 Å². The summed E-state index contributed by atoms with van der Waals surface area (Å²) >= 11 is 6.12. The number of carbonyl (C=O) groups excluding carboxylic acids is 1. The van der Waals surface area contributed by atoms with Crippen LogP contribution in [-0.4, -0.2) is 40.0 Å². The fourth-order valence-corrected chi connectivity index (χ4v) is 2.84. The van der Waals surface area contributed by atoms with Gasteiger partial charge in [0.15, 0.2) is 0 Å². The molecule has 1 aromatic carbocycles. The van der Waals surface area contributed by atoms with Gasteiger partial charge in [-0.25, -0.2) is 0 Å². The van der Waals surface area contributed by atoms with Gasteiger partial charge in [-0.1, -0.05) is 11.6 Å². The predicted molar refractivity (Wildman–Crippen MR) is 92.9 cm³/mol. The normalized spacial score (nSPS) is 16.6. The number of nitrogens with zero attached hydrogens (tertiary/aromatic N) is 2. The first-order valence-corrected chi connectivity index (χ1v) is 7.01. The molecule has 0 radical (unpaired) electrons. The Morgan fingerprint density at radius 3 is 2.65 bits per heavy atom. The summed E-state index contributed by atoms with van der Waals surface area (Å²) in [6.45, 7) is 0.692. The van der Waals surface area contributed by atoms with E-state index in [1.54, 1.807) is 29.3 Å². The molecule has 2 heterocycles. The molecule has 1 atom stereocenters. The number of benzene rings is 1. The lowest BCUT2D eigenvalue weighted by Crippen LogP contribution is -2.30. The second-order valence-electron chi connectivity index (χ2n) is 5.07. The molecule has 1 aromatic heterocycles. The molecule has 1 aliphatic heterocycles. The Labute approximate surface area is 150 Å². The maximum Gasteiger partial charge on any atom is 0.308 e. The molecule has 124 valence electrons. The Morgan fingerprint density at radius 1 is 1.26 bits per heavy atom. The number of fused-ring (bicyclic) bond motifs is 1. The molecule has 8 heteroatoms. The van der Waals surface area contributed by atoms with E-state index in [0.717, 1.165) is 5.39 Å². The van der Waals surface area contributed by atoms with Crippen molar-refractivity contribution in [3.05, 3.63) is 41.0 Å². The summed E-state index contributed by atoms with van der Waals surface area (Å²) in [6, 6.07) is 6.89. The molecule has 0 spiro atoms. The number of carboxylic acids is 1. The zero-order valence-corrected chi connectivity index (χ0v) is 14.3. The molecule has 0 saturated carbocycles. The van der Waals surface area contributed by atoms with Gasteiger partial charge in [0.25, 0.3) is 5.91 Å². The first kappa shape index (κ1) is 19.5. The molecule has 1 amide bonds. The summed E-state index contributed by atoms with van der Waals surface area (Å²) in [5.41, 5.74) is 1.01. The minimum atomic E-state index is -0.857. The van der Waals surface area contributed by atoms with Crippen LogP contribution in [0, 0.1) is 5.92 Å². The van der Waals surface area contributed by atoms with Crippen molar-refractivity contribution in [2.75, 3.05) is 13.1 Å². The molecule has 0 bridgehead atoms. The molecule has 0 aliphatic carbocycles. The van der Waals surface area contributed by atoms with Crippen LogP contribution in [0.4, 0.5) is 0 Å². The number of hydrogen-bond acceptors (Lipinski definition) is 3. The van der Waals surface area contributed by atoms with Crippen molar-refractivity contribution >= 4 is 59.2 Å². The van der Waals surface area contributed by atoms with Crippen LogP contribution in [0.3, 0.4) is 0 Å². The number of halogens is 3. The smallest absolute Gasteiger partial charge is 0.308 e. The quantitative estimate of drug-likeness (QED) is 0.872. The lowest BCUT2D eigenvalue weighted by molar-refractivity contribution is -0.141. The largest absolute Gasteiger partial charge is 0.481 e. The molecule has 1 fully saturated rings. The third kappa shape index (κ3) is 3.68. The second-order valence-corrected chi connectivity index (χ2v) is 5.48. The Kier molecular flexibility index (Phi) is 6.62. The van der Waals surface area contributed by atoms with Gasteiger partial charge in [0.05, 0.1) is 22.0 Å². The van der Waals surface area contributed by atoms with Gasteiger partial charge < -0.3 is 10.0 Å². The van der Waals surface area contributed by atoms with E-state index in [1.807, 2.05) is 6.07 Å². The van der Waals surface area contributed by atoms with Crippen LogP contribution in [0.5, 0.6) is 0 Å². The first-order valence-electron chi connectivity index (χ1n) is 6.63. The lowest BCUT2D eigenvalue weighted by atomic mass is 10.1. The molecule has 1 unspecified atom stereocenters. The average Bonchev–Trinajstić information content (AvgIpc) is 2.97. The lowest BCUT2D eigenvalue weighted by Gasteiger charge is -2.17. The molecule has 1 N–H and O–H groups in total. The van der Waals surface area contributed by atoms with Gasteiger partial charge in [0.2, 0.25) is 0 Å². The minimum absolute atomic E-state index is 0. The fraction of sp³-hybridized carbons (Fsp3) is 0.267. The van der Waals surface area contributed by atoms with E-state index < -0.39 is 11.9 Å². The number of likely N-dealkylation sites (tertiary alicyclic amines) is 1. The van der Waals surface area contributed by atoms with Crippen molar-refractivity contribution in [3.63, 3.8) is 0 Å². The molecular weight excluding hydrogens is 363 g/mol. The van der Waals surface area contributed by atoms with Crippen molar-refractivity contribution < 1.29 is 14.7 Å². The maximum absolute atomic E-state index is 12.6. The van der Waals surface area contributed by atoms with E-state index in [1.165, 1.54) is 0 Å². The van der Waals surface area contributed by atoms with Gasteiger partial charge in [-0.2, -0.15) is 0 Å². The number of rotatable bonds is 2. The highest BCUT2D eigenvalue weighted by Crippen LogP contribution is 2.27. The van der Waals surface area contributed by atoms with Crippen LogP contribution in [0.1, 0.15) is 16.8 Å². The number of hydrogen-bond donors (Lipinski definition) is 1. The third-order valence-corrected chi connectivity index (χ3v) is 4.10. The summed E-state index contributed by atoms with van der Waals surface area (Å²) in [5.74, 6) is -1.54. The molecule has 1 aliphatic rings. The van der Waals surface area contributed by atoms with Crippen LogP contribution in [0.25, 0.3) is 10.9 Å². The summed E-state index contributed by atoms with van der Waals surface area (Å²) in [5, 5.41) is 10.3. The first-order chi connectivity index (χ1) is 10.1. The second kappa shape index (κ2) is 7.81. The van der Waals surface area contributed by atoms with E-state index in [9.17, 15) is 9.59 Å². The SMILES string of the molecule is Cl.Cl.O=C(O)C1CCN(C(=O)c2ccc(Cl)c3cccnc23)C1. The summed E-state index contributed by atoms with van der Waals surface area (Å²) in [6.07, 6.45) is 2.10. The van der Waals surface area contributed by atoms with Crippen LogP contribution < -0.4 is 0 Å². The van der Waals surface area contributed by atoms with Gasteiger partial charge in [-0.05, 0) is 30.7 Å². The molecule has 3 rings (SSSR count). The Bertz CT molecular complexity index is 739. The number of aromatic nitrogens is 1. The third-order valence-electron chi connectivity index (χ3n) is 3.77. The van der Waals surface area contributed by atoms with E-state index in [-0.39, 0.29) is 37.3 Å². The zero-order chi connectivity index (χ0) is 15.0. The predicted octanol–water partition coefficient (Wildman–Crippen LogP) is 3.28. The van der Waals surface area contributed by atoms with Gasteiger partial charge in [-0.15, -0.1) is 24.8 Å². The van der Waals surface area contributed by atoms with Gasteiger partial charge in [-0.3, -0.25) is 14.6 Å². The van der Waals surface area contributed by atoms with E-state index in [2.05, 4.69) is 4.98 Å². The van der Waals surface area contributed by atoms with E-state index in [4.69, 9.17) is 16.7 Å². The van der Waals surface area contributed by atoms with Crippen molar-refractivity contribution in [1.82, 2.24) is 9.88 Å². The van der Waals surface area contributed by atoms with Gasteiger partial charge in [0, 0.05) is 24.7 Å². The standard InChI is InChI=1S/C15H13ClN2O3.2ClH/c16-12-4-3-11(13-10(12)2-1-6-17-13)14(19)18-7-5-9(8-18)15(20)21;;/h1-4,6,9H,5,7-8H2,(H,20,21);2*1H. The molecule has 5 nitrogen and oxygen atoms in total. The Balaban J connectivity index is 0.00000132. The topological polar surface area (TPSA) is 70.5 Å². The Morgan fingerprint density at radius 2 is 2.00 bits per heavy atom. The molecule has 2 aromatic rings. The highest BCUT2D eigenvalue weighted by molar-refractivity contribution is 6.36. The number of aliphatic carboxylic acids is 1. The average molecular weight is 378 g/mol. The fourth-order valence-electron chi connectivity index (χ4n) is 2.63. The van der Waals surface area contributed by atoms with Gasteiger partial charge >= 0.3 is 5.97 Å². The van der Waals surface area contributed by atoms with Crippen molar-refractivity contribution in [1.29, 1.82) is 0 Å².